The van der Waals surface area contributed by atoms with Crippen molar-refractivity contribution < 1.29 is 23.8 Å². The number of methoxy groups -OCH3 is 1. The molecule has 1 aliphatic carbocycles. The molecular formula is C13H8O5. The van der Waals surface area contributed by atoms with Crippen LogP contribution in [0.4, 0.5) is 0 Å². The molecule has 1 N–H and O–H groups in total. The van der Waals surface area contributed by atoms with Crippen LogP contribution in [0.5, 0.6) is 11.5 Å². The zero-order valence-corrected chi connectivity index (χ0v) is 9.39. The van der Waals surface area contributed by atoms with Gasteiger partial charge in [0.05, 0.1) is 24.5 Å². The molecule has 1 aromatic carbocycles. The molecule has 0 aliphatic heterocycles. The monoisotopic (exact) mass is 244 g/mol. The summed E-state index contributed by atoms with van der Waals surface area (Å²) in [5, 5.41) is 9.96. The minimum Gasteiger partial charge on any atom is -0.504 e. The van der Waals surface area contributed by atoms with E-state index in [0.717, 1.165) is 0 Å². The maximum absolute atomic E-state index is 12.2. The molecule has 0 saturated heterocycles. The number of rotatable bonds is 1. The molecule has 0 unspecified atom stereocenters. The first-order chi connectivity index (χ1) is 8.65. The van der Waals surface area contributed by atoms with E-state index < -0.39 is 11.6 Å². The maximum atomic E-state index is 12.2. The van der Waals surface area contributed by atoms with Crippen LogP contribution in [0.2, 0.25) is 0 Å². The van der Waals surface area contributed by atoms with Crippen molar-refractivity contribution >= 4 is 11.6 Å². The van der Waals surface area contributed by atoms with E-state index in [9.17, 15) is 14.7 Å². The number of phenols is 1. The van der Waals surface area contributed by atoms with Gasteiger partial charge in [-0.15, -0.1) is 0 Å². The Hall–Kier alpha value is -2.56. The average Bonchev–Trinajstić information content (AvgIpc) is 2.85. The molecular weight excluding hydrogens is 236 g/mol. The normalized spacial score (nSPS) is 13.2. The van der Waals surface area contributed by atoms with Crippen LogP contribution in [0.25, 0.3) is 0 Å². The molecule has 0 bridgehead atoms. The number of hydrogen-bond donors (Lipinski definition) is 1. The third-order valence-corrected chi connectivity index (χ3v) is 2.95. The molecule has 1 heterocycles. The number of carbonyl (C=O) groups is 2. The molecule has 0 atom stereocenters. The predicted molar refractivity (Wildman–Crippen MR) is 60.2 cm³/mol. The van der Waals surface area contributed by atoms with Gasteiger partial charge in [-0.2, -0.15) is 0 Å². The van der Waals surface area contributed by atoms with Gasteiger partial charge in [0.25, 0.3) is 0 Å². The lowest BCUT2D eigenvalue weighted by Crippen LogP contribution is -2.19. The van der Waals surface area contributed by atoms with Gasteiger partial charge in [-0.05, 0) is 18.2 Å². The molecule has 18 heavy (non-hydrogen) atoms. The second-order valence-electron chi connectivity index (χ2n) is 3.86. The molecule has 1 aliphatic rings. The Morgan fingerprint density at radius 3 is 2.61 bits per heavy atom. The first kappa shape index (κ1) is 10.6. The number of ether oxygens (including phenoxy) is 1. The summed E-state index contributed by atoms with van der Waals surface area (Å²) in [6, 6.07) is 4.30. The molecule has 90 valence electrons. The molecule has 2 aromatic rings. The third-order valence-electron chi connectivity index (χ3n) is 2.95. The molecule has 0 fully saturated rings. The van der Waals surface area contributed by atoms with Crippen LogP contribution in [0.15, 0.2) is 28.9 Å². The Kier molecular flexibility index (Phi) is 2.04. The number of fused-ring (bicyclic) bond motifs is 2. The number of benzene rings is 1. The van der Waals surface area contributed by atoms with Gasteiger partial charge in [0.1, 0.15) is 0 Å². The van der Waals surface area contributed by atoms with Crippen LogP contribution in [-0.2, 0) is 0 Å². The zero-order valence-electron chi connectivity index (χ0n) is 9.39. The maximum Gasteiger partial charge on any atom is 0.229 e. The van der Waals surface area contributed by atoms with E-state index in [1.165, 1.54) is 31.6 Å². The topological polar surface area (TPSA) is 76.7 Å². The van der Waals surface area contributed by atoms with Gasteiger partial charge in [-0.3, -0.25) is 9.59 Å². The van der Waals surface area contributed by atoms with Crippen molar-refractivity contribution in [2.45, 2.75) is 0 Å². The molecule has 5 heteroatoms. The van der Waals surface area contributed by atoms with Crippen molar-refractivity contribution in [2.75, 3.05) is 7.11 Å². The van der Waals surface area contributed by atoms with E-state index in [0.29, 0.717) is 0 Å². The number of hydrogen-bond acceptors (Lipinski definition) is 5. The van der Waals surface area contributed by atoms with Crippen LogP contribution in [0.3, 0.4) is 0 Å². The summed E-state index contributed by atoms with van der Waals surface area (Å²) in [6.45, 7) is 0. The Morgan fingerprint density at radius 2 is 1.89 bits per heavy atom. The number of ketones is 2. The highest BCUT2D eigenvalue weighted by Crippen LogP contribution is 2.38. The molecule has 0 radical (unpaired) electrons. The van der Waals surface area contributed by atoms with Crippen LogP contribution >= 0.6 is 0 Å². The fourth-order valence-corrected chi connectivity index (χ4v) is 2.08. The van der Waals surface area contributed by atoms with E-state index in [-0.39, 0.29) is 33.9 Å². The SMILES string of the molecule is COc1ccc2c(c1O)C(=O)c1ccoc1C2=O. The summed E-state index contributed by atoms with van der Waals surface area (Å²) in [5.74, 6) is -1.01. The fourth-order valence-electron chi connectivity index (χ4n) is 2.08. The van der Waals surface area contributed by atoms with Gasteiger partial charge in [0.15, 0.2) is 17.3 Å². The lowest BCUT2D eigenvalue weighted by atomic mass is 9.88. The van der Waals surface area contributed by atoms with Gasteiger partial charge in [-0.1, -0.05) is 0 Å². The second kappa shape index (κ2) is 3.46. The minimum absolute atomic E-state index is 0.0112. The van der Waals surface area contributed by atoms with Crippen molar-refractivity contribution in [3.63, 3.8) is 0 Å². The highest BCUT2D eigenvalue weighted by molar-refractivity contribution is 6.28. The van der Waals surface area contributed by atoms with E-state index in [1.54, 1.807) is 0 Å². The summed E-state index contributed by atoms with van der Waals surface area (Å²) >= 11 is 0. The Morgan fingerprint density at radius 1 is 1.11 bits per heavy atom. The van der Waals surface area contributed by atoms with E-state index >= 15 is 0 Å². The van der Waals surface area contributed by atoms with Gasteiger partial charge in [0.2, 0.25) is 11.6 Å². The average molecular weight is 244 g/mol. The Bertz CT molecular complexity index is 681. The Balaban J connectivity index is 2.33. The Labute approximate surface area is 102 Å². The predicted octanol–water partition coefficient (Wildman–Crippen LogP) is 1.77. The summed E-state index contributed by atoms with van der Waals surface area (Å²) < 4.78 is 9.94. The van der Waals surface area contributed by atoms with Crippen molar-refractivity contribution in [1.29, 1.82) is 0 Å². The summed E-state index contributed by atoms with van der Waals surface area (Å²) in [6.07, 6.45) is 1.28. The van der Waals surface area contributed by atoms with Crippen molar-refractivity contribution in [3.05, 3.63) is 46.9 Å². The third kappa shape index (κ3) is 1.15. The van der Waals surface area contributed by atoms with Crippen LogP contribution < -0.4 is 4.74 Å². The van der Waals surface area contributed by atoms with E-state index in [4.69, 9.17) is 9.15 Å². The van der Waals surface area contributed by atoms with Gasteiger partial charge < -0.3 is 14.3 Å². The highest BCUT2D eigenvalue weighted by Gasteiger charge is 2.35. The quantitative estimate of drug-likeness (QED) is 0.705. The number of carbonyl (C=O) groups excluding carboxylic acids is 2. The van der Waals surface area contributed by atoms with Crippen LogP contribution in [0.1, 0.15) is 32.0 Å². The van der Waals surface area contributed by atoms with Crippen molar-refractivity contribution in [3.8, 4) is 11.5 Å². The summed E-state index contributed by atoms with van der Waals surface area (Å²) in [7, 11) is 1.37. The largest absolute Gasteiger partial charge is 0.504 e. The number of aromatic hydroxyl groups is 1. The lowest BCUT2D eigenvalue weighted by Gasteiger charge is -2.15. The molecule has 0 amide bonds. The number of phenolic OH excluding ortho intramolecular Hbond substituents is 1. The van der Waals surface area contributed by atoms with E-state index in [1.807, 2.05) is 0 Å². The minimum atomic E-state index is -0.440. The standard InChI is InChI=1S/C13H8O5/c1-17-8-3-2-6-9(12(8)16)10(14)7-4-5-18-13(7)11(6)15/h2-5,16H,1H3. The van der Waals surface area contributed by atoms with Gasteiger partial charge >= 0.3 is 0 Å². The van der Waals surface area contributed by atoms with Crippen molar-refractivity contribution in [1.82, 2.24) is 0 Å². The van der Waals surface area contributed by atoms with E-state index in [2.05, 4.69) is 0 Å². The first-order valence-corrected chi connectivity index (χ1v) is 5.22. The fraction of sp³-hybridized carbons (Fsp3) is 0.0769. The molecule has 3 rings (SSSR count). The molecule has 0 spiro atoms. The summed E-state index contributed by atoms with van der Waals surface area (Å²) in [5.41, 5.74) is 0.255. The smallest absolute Gasteiger partial charge is 0.229 e. The first-order valence-electron chi connectivity index (χ1n) is 5.22. The van der Waals surface area contributed by atoms with Gasteiger partial charge in [-0.25, -0.2) is 0 Å². The highest BCUT2D eigenvalue weighted by atomic mass is 16.5. The molecule has 5 nitrogen and oxygen atoms in total. The zero-order chi connectivity index (χ0) is 12.9. The van der Waals surface area contributed by atoms with Crippen molar-refractivity contribution in [2.24, 2.45) is 0 Å². The number of furan rings is 1. The van der Waals surface area contributed by atoms with Crippen LogP contribution in [-0.4, -0.2) is 23.8 Å². The lowest BCUT2D eigenvalue weighted by molar-refractivity contribution is 0.0957. The molecule has 0 saturated carbocycles. The van der Waals surface area contributed by atoms with Gasteiger partial charge in [0, 0.05) is 5.56 Å². The summed E-state index contributed by atoms with van der Waals surface area (Å²) in [4.78, 5) is 24.2. The van der Waals surface area contributed by atoms with Crippen LogP contribution in [0, 0.1) is 0 Å². The molecule has 1 aromatic heterocycles. The second-order valence-corrected chi connectivity index (χ2v) is 3.86.